The number of anilines is 4. The zero-order chi connectivity index (χ0) is 45.7. The lowest BCUT2D eigenvalue weighted by Gasteiger charge is -2.29. The summed E-state index contributed by atoms with van der Waals surface area (Å²) < 4.78 is 11.8. The topological polar surface area (TPSA) is 33.5 Å². The molecule has 10 aromatic rings. The van der Waals surface area contributed by atoms with E-state index in [1.165, 1.54) is 75.7 Å². The highest BCUT2D eigenvalue weighted by Crippen LogP contribution is 2.49. The van der Waals surface area contributed by atoms with E-state index in [1.54, 1.807) is 0 Å². The summed E-state index contributed by atoms with van der Waals surface area (Å²) in [5.74, 6) is 2.46. The first kappa shape index (κ1) is 41.8. The van der Waals surface area contributed by atoms with Crippen molar-refractivity contribution in [1.29, 1.82) is 0 Å². The van der Waals surface area contributed by atoms with Gasteiger partial charge in [-0.15, -0.1) is 11.3 Å². The van der Waals surface area contributed by atoms with Crippen LogP contribution >= 0.6 is 11.3 Å². The van der Waals surface area contributed by atoms with Crippen molar-refractivity contribution >= 4 is 76.1 Å². The van der Waals surface area contributed by atoms with Crippen LogP contribution in [0.4, 0.5) is 22.7 Å². The van der Waals surface area contributed by atoms with E-state index in [2.05, 4.69) is 234 Å². The van der Waals surface area contributed by atoms with Crippen molar-refractivity contribution in [1.82, 2.24) is 9.55 Å². The van der Waals surface area contributed by atoms with Crippen molar-refractivity contribution in [2.24, 2.45) is 0 Å². The van der Waals surface area contributed by atoms with Gasteiger partial charge in [-0.2, -0.15) is 0 Å². The lowest BCUT2D eigenvalue weighted by Crippen LogP contribution is -2.25. The molecule has 0 fully saturated rings. The standard InChI is InChI=1S/C60H56N4OS/c1-58(2,3)41-28-29-61-54(34-41)64-51-36-47(24-25-49(51)57-56(64)55-48-21-14-13-18-39(48)23-27-53(55)66-57)65-46-20-15-19-44(35-46)62-37-63(45-32-42(59(4,5)6)31-43(33-45)60(7,8)9)52-30-40(22-26-50(52)62)38-16-11-10-12-17-38/h10-36H,37H2,1-9H3. The molecule has 4 heterocycles. The summed E-state index contributed by atoms with van der Waals surface area (Å²) in [6.45, 7) is 21.3. The van der Waals surface area contributed by atoms with Gasteiger partial charge in [0.15, 0.2) is 0 Å². The minimum Gasteiger partial charge on any atom is -0.457 e. The Hall–Kier alpha value is -6.89. The van der Waals surface area contributed by atoms with Crippen molar-refractivity contribution in [3.8, 4) is 28.4 Å². The summed E-state index contributed by atoms with van der Waals surface area (Å²) in [5, 5.41) is 4.93. The lowest BCUT2D eigenvalue weighted by atomic mass is 9.80. The van der Waals surface area contributed by atoms with Crippen LogP contribution in [0.1, 0.15) is 79.0 Å². The highest BCUT2D eigenvalue weighted by molar-refractivity contribution is 7.27. The minimum atomic E-state index is -0.0363. The Morgan fingerprint density at radius 1 is 0.515 bits per heavy atom. The van der Waals surface area contributed by atoms with E-state index in [-0.39, 0.29) is 16.2 Å². The van der Waals surface area contributed by atoms with Gasteiger partial charge >= 0.3 is 0 Å². The number of nitrogens with zero attached hydrogens (tertiary/aromatic N) is 4. The van der Waals surface area contributed by atoms with Crippen LogP contribution < -0.4 is 14.5 Å². The normalized spacial score (nSPS) is 13.4. The van der Waals surface area contributed by atoms with Crippen LogP contribution in [0, 0.1) is 0 Å². The Kier molecular flexibility index (Phi) is 9.72. The predicted molar refractivity (Wildman–Crippen MR) is 282 cm³/mol. The second-order valence-corrected chi connectivity index (χ2v) is 22.1. The summed E-state index contributed by atoms with van der Waals surface area (Å²) in [4.78, 5) is 9.96. The van der Waals surface area contributed by atoms with Crippen molar-refractivity contribution in [2.75, 3.05) is 16.5 Å². The van der Waals surface area contributed by atoms with Crippen LogP contribution in [0.15, 0.2) is 164 Å². The number of ether oxygens (including phenoxy) is 1. The number of hydrogen-bond acceptors (Lipinski definition) is 5. The molecule has 1 aliphatic heterocycles. The average Bonchev–Trinajstić information content (AvgIpc) is 3.97. The first-order chi connectivity index (χ1) is 31.6. The van der Waals surface area contributed by atoms with Crippen molar-refractivity contribution in [3.05, 3.63) is 181 Å². The lowest BCUT2D eigenvalue weighted by molar-refractivity contribution is 0.483. The van der Waals surface area contributed by atoms with Crippen LogP contribution in [0.2, 0.25) is 0 Å². The molecular formula is C60H56N4OS. The Bertz CT molecular complexity index is 3470. The molecule has 0 aliphatic carbocycles. The van der Waals surface area contributed by atoms with Gasteiger partial charge in [0.2, 0.25) is 0 Å². The van der Waals surface area contributed by atoms with Crippen molar-refractivity contribution in [2.45, 2.75) is 78.6 Å². The molecule has 328 valence electrons. The third-order valence-corrected chi connectivity index (χ3v) is 14.5. The minimum absolute atomic E-state index is 0.00869. The molecule has 7 aromatic carbocycles. The number of thiophene rings is 1. The van der Waals surface area contributed by atoms with Gasteiger partial charge in [-0.1, -0.05) is 141 Å². The molecule has 0 bridgehead atoms. The summed E-state index contributed by atoms with van der Waals surface area (Å²) in [6, 6.07) is 57.5. The molecule has 0 radical (unpaired) electrons. The van der Waals surface area contributed by atoms with E-state index in [4.69, 9.17) is 9.72 Å². The largest absolute Gasteiger partial charge is 0.457 e. The Morgan fingerprint density at radius 3 is 1.98 bits per heavy atom. The van der Waals surface area contributed by atoms with Gasteiger partial charge in [0.05, 0.1) is 27.1 Å². The second-order valence-electron chi connectivity index (χ2n) is 21.0. The van der Waals surface area contributed by atoms with Gasteiger partial charge < -0.3 is 14.5 Å². The molecule has 66 heavy (non-hydrogen) atoms. The molecule has 3 aromatic heterocycles. The maximum atomic E-state index is 6.90. The van der Waals surface area contributed by atoms with Gasteiger partial charge in [0.25, 0.3) is 0 Å². The number of pyridine rings is 1. The van der Waals surface area contributed by atoms with Crippen LogP contribution in [0.3, 0.4) is 0 Å². The van der Waals surface area contributed by atoms with Crippen molar-refractivity contribution < 1.29 is 4.74 Å². The van der Waals surface area contributed by atoms with E-state index in [9.17, 15) is 0 Å². The molecule has 0 amide bonds. The molecule has 0 unspecified atom stereocenters. The van der Waals surface area contributed by atoms with E-state index in [0.717, 1.165) is 34.2 Å². The van der Waals surface area contributed by atoms with Gasteiger partial charge in [0.1, 0.15) is 24.0 Å². The quantitative estimate of drug-likeness (QED) is 0.167. The van der Waals surface area contributed by atoms with E-state index in [0.29, 0.717) is 6.67 Å². The maximum Gasteiger partial charge on any atom is 0.137 e. The second kappa shape index (κ2) is 15.4. The summed E-state index contributed by atoms with van der Waals surface area (Å²) >= 11 is 1.85. The zero-order valence-electron chi connectivity index (χ0n) is 39.4. The van der Waals surface area contributed by atoms with Crippen molar-refractivity contribution in [3.63, 3.8) is 0 Å². The number of benzene rings is 7. The molecule has 0 saturated heterocycles. The smallest absolute Gasteiger partial charge is 0.137 e. The third-order valence-electron chi connectivity index (χ3n) is 13.3. The summed E-state index contributed by atoms with van der Waals surface area (Å²) in [6.07, 6.45) is 1.96. The highest BCUT2D eigenvalue weighted by atomic mass is 32.1. The van der Waals surface area contributed by atoms with Gasteiger partial charge in [-0.05, 0) is 122 Å². The first-order valence-electron chi connectivity index (χ1n) is 23.1. The highest BCUT2D eigenvalue weighted by Gasteiger charge is 2.31. The molecule has 0 spiro atoms. The fourth-order valence-corrected chi connectivity index (χ4v) is 10.8. The van der Waals surface area contributed by atoms with E-state index >= 15 is 0 Å². The maximum absolute atomic E-state index is 6.90. The predicted octanol–water partition coefficient (Wildman–Crippen LogP) is 17.1. The fourth-order valence-electron chi connectivity index (χ4n) is 9.56. The molecule has 11 rings (SSSR count). The number of hydrogen-bond donors (Lipinski definition) is 0. The number of aromatic nitrogens is 2. The van der Waals surface area contributed by atoms with Crippen LogP contribution in [0.25, 0.3) is 58.9 Å². The molecule has 0 N–H and O–H groups in total. The third kappa shape index (κ3) is 7.28. The number of rotatable bonds is 6. The molecule has 0 saturated carbocycles. The number of fused-ring (bicyclic) bond motifs is 8. The molecular weight excluding hydrogens is 825 g/mol. The Balaban J connectivity index is 1.02. The average molecular weight is 881 g/mol. The molecule has 0 atom stereocenters. The molecule has 5 nitrogen and oxygen atoms in total. The Labute approximate surface area is 392 Å². The van der Waals surface area contributed by atoms with Gasteiger partial charge in [0, 0.05) is 45.2 Å². The fraction of sp³-hybridized carbons (Fsp3) is 0.217. The molecule has 1 aliphatic rings. The van der Waals surface area contributed by atoms with E-state index < -0.39 is 0 Å². The first-order valence-corrected chi connectivity index (χ1v) is 23.9. The monoisotopic (exact) mass is 880 g/mol. The summed E-state index contributed by atoms with van der Waals surface area (Å²) in [5.41, 5.74) is 13.1. The van der Waals surface area contributed by atoms with Gasteiger partial charge in [-0.3, -0.25) is 4.57 Å². The SMILES string of the molecule is CC(C)(C)c1cc(N2CN(c3cccc(Oc4ccc5c6sc7ccc8ccccc8c7c6n(-c6cc(C(C)(C)C)ccn6)c5c4)c3)c3ccc(-c4ccccc4)cc32)cc(C(C)(C)C)c1. The van der Waals surface area contributed by atoms with Crippen LogP contribution in [0.5, 0.6) is 11.5 Å². The zero-order valence-corrected chi connectivity index (χ0v) is 40.2. The Morgan fingerprint density at radius 2 is 1.23 bits per heavy atom. The van der Waals surface area contributed by atoms with Gasteiger partial charge in [-0.25, -0.2) is 4.98 Å². The van der Waals surface area contributed by atoms with Crippen LogP contribution in [-0.2, 0) is 16.2 Å². The summed E-state index contributed by atoms with van der Waals surface area (Å²) in [7, 11) is 0. The molecule has 6 heteroatoms. The van der Waals surface area contributed by atoms with E-state index in [1.807, 2.05) is 17.5 Å². The van der Waals surface area contributed by atoms with Crippen LogP contribution in [-0.4, -0.2) is 16.2 Å².